The minimum Gasteiger partial charge on any atom is -0.465 e. The zero-order valence-corrected chi connectivity index (χ0v) is 14.8. The molecule has 0 saturated carbocycles. The zero-order chi connectivity index (χ0) is 18.5. The molecule has 1 N–H and O–H groups in total. The Morgan fingerprint density at radius 2 is 1.77 bits per heavy atom. The molecule has 136 valence electrons. The molecule has 1 aliphatic heterocycles. The molecule has 1 saturated heterocycles. The van der Waals surface area contributed by atoms with Gasteiger partial charge in [0, 0.05) is 24.7 Å². The summed E-state index contributed by atoms with van der Waals surface area (Å²) in [5.74, 6) is -0.102. The third kappa shape index (κ3) is 4.40. The first-order valence-corrected chi connectivity index (χ1v) is 8.59. The predicted molar refractivity (Wildman–Crippen MR) is 97.2 cm³/mol. The van der Waals surface area contributed by atoms with E-state index in [2.05, 4.69) is 5.32 Å². The van der Waals surface area contributed by atoms with Crippen LogP contribution < -0.4 is 5.32 Å². The lowest BCUT2D eigenvalue weighted by Gasteiger charge is -2.35. The van der Waals surface area contributed by atoms with Crippen LogP contribution in [0.5, 0.6) is 0 Å². The van der Waals surface area contributed by atoms with Crippen LogP contribution in [0.1, 0.15) is 30.0 Å². The summed E-state index contributed by atoms with van der Waals surface area (Å²) in [4.78, 5) is 27.2. The third-order valence-corrected chi connectivity index (χ3v) is 4.05. The fourth-order valence-corrected chi connectivity index (χ4v) is 2.97. The van der Waals surface area contributed by atoms with Gasteiger partial charge in [-0.15, -0.1) is 0 Å². The Hall–Kier alpha value is -2.86. The second-order valence-electron chi connectivity index (χ2n) is 6.36. The lowest BCUT2D eigenvalue weighted by atomic mass is 10.2. The van der Waals surface area contributed by atoms with Gasteiger partial charge in [-0.1, -0.05) is 18.2 Å². The van der Waals surface area contributed by atoms with Gasteiger partial charge in [-0.3, -0.25) is 9.59 Å². The second-order valence-corrected chi connectivity index (χ2v) is 6.36. The maximum Gasteiger partial charge on any atom is 0.270 e. The van der Waals surface area contributed by atoms with Crippen molar-refractivity contribution in [1.29, 1.82) is 0 Å². The van der Waals surface area contributed by atoms with Crippen LogP contribution in [0.2, 0.25) is 0 Å². The van der Waals surface area contributed by atoms with Gasteiger partial charge in [0.2, 0.25) is 0 Å². The summed E-state index contributed by atoms with van der Waals surface area (Å²) < 4.78 is 11.0. The summed E-state index contributed by atoms with van der Waals surface area (Å²) >= 11 is 0. The number of carbonyl (C=O) groups is 2. The molecule has 2 unspecified atom stereocenters. The average molecular weight is 354 g/mol. The maximum absolute atomic E-state index is 13.0. The molecule has 0 spiro atoms. The lowest BCUT2D eigenvalue weighted by molar-refractivity contribution is -0.139. The minimum absolute atomic E-state index is 0.0580. The van der Waals surface area contributed by atoms with E-state index in [4.69, 9.17) is 9.15 Å². The lowest BCUT2D eigenvalue weighted by Crippen LogP contribution is -2.50. The van der Waals surface area contributed by atoms with Gasteiger partial charge in [0.25, 0.3) is 11.8 Å². The minimum atomic E-state index is -0.342. The molecule has 1 aromatic heterocycles. The number of morpholine rings is 1. The highest BCUT2D eigenvalue weighted by Gasteiger charge is 2.28. The summed E-state index contributed by atoms with van der Waals surface area (Å²) in [5, 5.41) is 2.73. The highest BCUT2D eigenvalue weighted by molar-refractivity contribution is 6.05. The topological polar surface area (TPSA) is 71.8 Å². The molecule has 2 aromatic rings. The highest BCUT2D eigenvalue weighted by Crippen LogP contribution is 2.15. The Bertz CT molecular complexity index is 773. The number of amides is 2. The van der Waals surface area contributed by atoms with Gasteiger partial charge in [0.1, 0.15) is 11.5 Å². The van der Waals surface area contributed by atoms with E-state index in [1.54, 1.807) is 47.4 Å². The monoisotopic (exact) mass is 354 g/mol. The van der Waals surface area contributed by atoms with E-state index in [1.807, 2.05) is 19.9 Å². The van der Waals surface area contributed by atoms with Gasteiger partial charge in [-0.2, -0.15) is 0 Å². The molecule has 26 heavy (non-hydrogen) atoms. The molecule has 2 heterocycles. The van der Waals surface area contributed by atoms with Gasteiger partial charge < -0.3 is 19.4 Å². The molecule has 6 nitrogen and oxygen atoms in total. The van der Waals surface area contributed by atoms with Crippen molar-refractivity contribution in [2.24, 2.45) is 0 Å². The van der Waals surface area contributed by atoms with Crippen molar-refractivity contribution in [2.75, 3.05) is 13.1 Å². The van der Waals surface area contributed by atoms with Gasteiger partial charge in [0.05, 0.1) is 18.5 Å². The summed E-state index contributed by atoms with van der Waals surface area (Å²) in [6, 6.07) is 12.2. The van der Waals surface area contributed by atoms with Crippen molar-refractivity contribution in [2.45, 2.75) is 26.1 Å². The maximum atomic E-state index is 13.0. The Kier molecular flexibility index (Phi) is 5.53. The van der Waals surface area contributed by atoms with Crippen LogP contribution in [-0.4, -0.2) is 42.0 Å². The number of hydrogen-bond acceptors (Lipinski definition) is 4. The summed E-state index contributed by atoms with van der Waals surface area (Å²) in [6.45, 7) is 4.79. The van der Waals surface area contributed by atoms with Gasteiger partial charge in [0.15, 0.2) is 0 Å². The van der Waals surface area contributed by atoms with Crippen molar-refractivity contribution in [3.05, 3.63) is 65.7 Å². The zero-order valence-electron chi connectivity index (χ0n) is 14.8. The van der Waals surface area contributed by atoms with Crippen molar-refractivity contribution in [3.8, 4) is 0 Å². The summed E-state index contributed by atoms with van der Waals surface area (Å²) in [6.07, 6.45) is 2.95. The molecule has 1 aliphatic rings. The van der Waals surface area contributed by atoms with Crippen LogP contribution in [-0.2, 0) is 9.53 Å². The van der Waals surface area contributed by atoms with Crippen molar-refractivity contribution in [3.63, 3.8) is 0 Å². The third-order valence-electron chi connectivity index (χ3n) is 4.05. The molecule has 1 fully saturated rings. The van der Waals surface area contributed by atoms with Crippen molar-refractivity contribution in [1.82, 2.24) is 10.2 Å². The van der Waals surface area contributed by atoms with Gasteiger partial charge in [-0.25, -0.2) is 0 Å². The molecule has 0 radical (unpaired) electrons. The number of carbonyl (C=O) groups excluding carboxylic acids is 2. The van der Waals surface area contributed by atoms with E-state index in [0.29, 0.717) is 24.4 Å². The molecule has 2 atom stereocenters. The molecular formula is C20H22N2O4. The molecule has 3 rings (SSSR count). The molecule has 2 amide bonds. The number of hydrogen-bond donors (Lipinski definition) is 1. The van der Waals surface area contributed by atoms with Gasteiger partial charge >= 0.3 is 0 Å². The van der Waals surface area contributed by atoms with Crippen LogP contribution in [0.25, 0.3) is 6.08 Å². The Morgan fingerprint density at radius 1 is 1.08 bits per heavy atom. The standard InChI is InChI=1S/C20H22N2O4/c1-14-12-22(13-15(2)26-14)20(24)18(11-17-9-6-10-25-17)21-19(23)16-7-4-3-5-8-16/h3-11,14-15H,12-13H2,1-2H3,(H,21,23). The van der Waals surface area contributed by atoms with E-state index in [9.17, 15) is 9.59 Å². The number of ether oxygens (including phenoxy) is 1. The normalized spacial score (nSPS) is 20.7. The molecule has 0 aliphatic carbocycles. The Labute approximate surface area is 152 Å². The number of rotatable bonds is 4. The molecule has 6 heteroatoms. The second kappa shape index (κ2) is 8.01. The van der Waals surface area contributed by atoms with E-state index < -0.39 is 0 Å². The van der Waals surface area contributed by atoms with Crippen LogP contribution in [0.3, 0.4) is 0 Å². The number of furan rings is 1. The SMILES string of the molecule is CC1CN(C(=O)C(=Cc2ccco2)NC(=O)c2ccccc2)CC(C)O1. The van der Waals surface area contributed by atoms with Crippen LogP contribution in [0, 0.1) is 0 Å². The highest BCUT2D eigenvalue weighted by atomic mass is 16.5. The number of nitrogens with one attached hydrogen (secondary N) is 1. The van der Waals surface area contributed by atoms with Crippen molar-refractivity contribution < 1.29 is 18.7 Å². The summed E-state index contributed by atoms with van der Waals surface area (Å²) in [5.41, 5.74) is 0.657. The van der Waals surface area contributed by atoms with Crippen molar-refractivity contribution >= 4 is 17.9 Å². The largest absolute Gasteiger partial charge is 0.465 e. The first-order chi connectivity index (χ1) is 12.5. The quantitative estimate of drug-likeness (QED) is 0.857. The van der Waals surface area contributed by atoms with E-state index in [-0.39, 0.29) is 29.7 Å². The van der Waals surface area contributed by atoms with Crippen LogP contribution in [0.4, 0.5) is 0 Å². The summed E-state index contributed by atoms with van der Waals surface area (Å²) in [7, 11) is 0. The first kappa shape index (κ1) is 17.9. The molecule has 1 aromatic carbocycles. The first-order valence-electron chi connectivity index (χ1n) is 8.59. The Morgan fingerprint density at radius 3 is 2.38 bits per heavy atom. The molecular weight excluding hydrogens is 332 g/mol. The smallest absolute Gasteiger partial charge is 0.270 e. The van der Waals surface area contributed by atoms with E-state index >= 15 is 0 Å². The van der Waals surface area contributed by atoms with E-state index in [1.165, 1.54) is 6.26 Å². The van der Waals surface area contributed by atoms with Crippen LogP contribution in [0.15, 0.2) is 58.8 Å². The predicted octanol–water partition coefficient (Wildman–Crippen LogP) is 2.69. The number of benzene rings is 1. The number of nitrogens with zero attached hydrogens (tertiary/aromatic N) is 1. The fraction of sp³-hybridized carbons (Fsp3) is 0.300. The fourth-order valence-electron chi connectivity index (χ4n) is 2.97. The Balaban J connectivity index is 1.84. The van der Waals surface area contributed by atoms with Gasteiger partial charge in [-0.05, 0) is 38.1 Å². The average Bonchev–Trinajstić information content (AvgIpc) is 3.13. The van der Waals surface area contributed by atoms with E-state index in [0.717, 1.165) is 0 Å². The molecule has 0 bridgehead atoms. The van der Waals surface area contributed by atoms with Crippen LogP contribution >= 0.6 is 0 Å².